The average Bonchev–Trinajstić information content (AvgIpc) is 3.35. The molecule has 0 saturated heterocycles. The summed E-state index contributed by atoms with van der Waals surface area (Å²) in [4.78, 5) is 9.88. The number of hydrogen-bond donors (Lipinski definition) is 0. The van der Waals surface area contributed by atoms with Crippen LogP contribution in [0.1, 0.15) is 16.4 Å². The summed E-state index contributed by atoms with van der Waals surface area (Å²) in [5.41, 5.74) is 4.18. The third kappa shape index (κ3) is 3.07. The first-order valence-corrected chi connectivity index (χ1v) is 9.68. The zero-order valence-corrected chi connectivity index (χ0v) is 15.9. The minimum atomic E-state index is 0.377. The van der Waals surface area contributed by atoms with Gasteiger partial charge in [0.05, 0.1) is 17.6 Å². The molecule has 1 aromatic carbocycles. The Morgan fingerprint density at radius 1 is 1.11 bits per heavy atom. The maximum atomic E-state index is 5.81. The molecule has 0 spiro atoms. The summed E-state index contributed by atoms with van der Waals surface area (Å²) in [6, 6.07) is 8.36. The fraction of sp³-hybridized carbons (Fsp3) is 0.167. The maximum Gasteiger partial charge on any atom is 0.233 e. The van der Waals surface area contributed by atoms with Crippen molar-refractivity contribution in [2.75, 3.05) is 0 Å². The van der Waals surface area contributed by atoms with E-state index >= 15 is 0 Å². The van der Waals surface area contributed by atoms with Gasteiger partial charge >= 0.3 is 0 Å². The molecule has 4 aromatic heterocycles. The van der Waals surface area contributed by atoms with Gasteiger partial charge in [-0.05, 0) is 23.8 Å². The van der Waals surface area contributed by atoms with Crippen molar-refractivity contribution in [2.45, 2.75) is 12.3 Å². The van der Waals surface area contributed by atoms with E-state index in [1.165, 1.54) is 11.3 Å². The molecule has 0 radical (unpaired) electrons. The maximum absolute atomic E-state index is 5.81. The number of benzene rings is 1. The van der Waals surface area contributed by atoms with Gasteiger partial charge in [0.2, 0.25) is 4.96 Å². The molecule has 0 aliphatic carbocycles. The van der Waals surface area contributed by atoms with Crippen LogP contribution in [-0.2, 0) is 19.3 Å². The number of alkyl halides is 1. The van der Waals surface area contributed by atoms with Crippen molar-refractivity contribution in [3.8, 4) is 11.1 Å². The molecule has 134 valence electrons. The first-order chi connectivity index (χ1) is 13.2. The van der Waals surface area contributed by atoms with Crippen molar-refractivity contribution in [3.05, 3.63) is 59.3 Å². The van der Waals surface area contributed by atoms with Gasteiger partial charge in [0.15, 0.2) is 5.82 Å². The van der Waals surface area contributed by atoms with Gasteiger partial charge in [0, 0.05) is 42.4 Å². The van der Waals surface area contributed by atoms with Crippen LogP contribution in [0.2, 0.25) is 0 Å². The number of fused-ring (bicyclic) bond motifs is 2. The topological polar surface area (TPSA) is 73.8 Å². The van der Waals surface area contributed by atoms with Crippen molar-refractivity contribution in [1.29, 1.82) is 0 Å². The normalized spacial score (nSPS) is 11.6. The number of halogens is 1. The number of nitrogens with zero attached hydrogens (tertiary/aromatic N) is 7. The van der Waals surface area contributed by atoms with E-state index in [0.29, 0.717) is 12.3 Å². The molecule has 0 saturated carbocycles. The largest absolute Gasteiger partial charge is 0.275 e. The first kappa shape index (κ1) is 16.3. The Bertz CT molecular complexity index is 1240. The number of pyridine rings is 1. The highest BCUT2D eigenvalue weighted by molar-refractivity contribution is 7.16. The Morgan fingerprint density at radius 2 is 2.04 bits per heavy atom. The number of aryl methyl sites for hydroxylation is 1. The van der Waals surface area contributed by atoms with Crippen LogP contribution in [0.15, 0.2) is 42.9 Å². The highest BCUT2D eigenvalue weighted by atomic mass is 35.5. The highest BCUT2D eigenvalue weighted by Gasteiger charge is 2.11. The minimum absolute atomic E-state index is 0.377. The van der Waals surface area contributed by atoms with E-state index in [2.05, 4.69) is 43.5 Å². The van der Waals surface area contributed by atoms with Crippen molar-refractivity contribution in [3.63, 3.8) is 0 Å². The lowest BCUT2D eigenvalue weighted by Gasteiger charge is -2.04. The van der Waals surface area contributed by atoms with Crippen LogP contribution >= 0.6 is 22.9 Å². The van der Waals surface area contributed by atoms with Gasteiger partial charge < -0.3 is 0 Å². The molecule has 5 rings (SSSR count). The van der Waals surface area contributed by atoms with Gasteiger partial charge in [-0.15, -0.1) is 26.4 Å². The predicted octanol–water partition coefficient (Wildman–Crippen LogP) is 3.46. The highest BCUT2D eigenvalue weighted by Crippen LogP contribution is 2.24. The molecule has 9 heteroatoms. The molecule has 5 aromatic rings. The molecule has 0 atom stereocenters. The number of hydrogen-bond acceptors (Lipinski definition) is 6. The van der Waals surface area contributed by atoms with Crippen LogP contribution in [0, 0.1) is 0 Å². The van der Waals surface area contributed by atoms with E-state index in [0.717, 1.165) is 43.4 Å². The zero-order chi connectivity index (χ0) is 18.4. The SMILES string of the molecule is Cn1cc(-c2cnc3ccc(Cc4nc5sc(CCl)nn5n4)cc3c2)cn1. The third-order valence-electron chi connectivity index (χ3n) is 4.28. The molecule has 0 fully saturated rings. The molecule has 27 heavy (non-hydrogen) atoms. The molecule has 0 aliphatic rings. The molecule has 4 heterocycles. The van der Waals surface area contributed by atoms with Crippen LogP contribution in [0.3, 0.4) is 0 Å². The van der Waals surface area contributed by atoms with Gasteiger partial charge in [-0.25, -0.2) is 4.98 Å². The summed E-state index contributed by atoms with van der Waals surface area (Å²) < 4.78 is 3.34. The monoisotopic (exact) mass is 395 g/mol. The summed E-state index contributed by atoms with van der Waals surface area (Å²) in [7, 11) is 1.91. The van der Waals surface area contributed by atoms with E-state index < -0.39 is 0 Å². The van der Waals surface area contributed by atoms with Crippen molar-refractivity contribution < 1.29 is 0 Å². The molecule has 0 amide bonds. The molecule has 0 aliphatic heterocycles. The van der Waals surface area contributed by atoms with Gasteiger partial charge in [-0.2, -0.15) is 5.10 Å². The summed E-state index contributed by atoms with van der Waals surface area (Å²) in [6.45, 7) is 0. The van der Waals surface area contributed by atoms with Gasteiger partial charge in [-0.1, -0.05) is 17.4 Å². The Balaban J connectivity index is 1.47. The minimum Gasteiger partial charge on any atom is -0.275 e. The Labute approximate surface area is 163 Å². The lowest BCUT2D eigenvalue weighted by atomic mass is 10.0. The molecule has 0 N–H and O–H groups in total. The summed E-state index contributed by atoms with van der Waals surface area (Å²) in [5.74, 6) is 1.12. The van der Waals surface area contributed by atoms with Gasteiger partial charge in [0.25, 0.3) is 0 Å². The fourth-order valence-corrected chi connectivity index (χ4v) is 3.94. The van der Waals surface area contributed by atoms with Crippen LogP contribution in [0.25, 0.3) is 27.0 Å². The fourth-order valence-electron chi connectivity index (χ4n) is 3.02. The van der Waals surface area contributed by atoms with E-state index in [1.807, 2.05) is 31.7 Å². The second-order valence-electron chi connectivity index (χ2n) is 6.26. The molecular formula is C18H14ClN7S. The molecule has 7 nitrogen and oxygen atoms in total. The predicted molar refractivity (Wildman–Crippen MR) is 105 cm³/mol. The standard InChI is InChI=1S/C18H14ClN7S/c1-25-10-14(9-21-25)13-6-12-4-11(2-3-15(12)20-8-13)5-16-22-18-26(23-16)24-17(7-19)27-18/h2-4,6,8-10H,5,7H2,1H3. The van der Waals surface area contributed by atoms with Crippen LogP contribution < -0.4 is 0 Å². The lowest BCUT2D eigenvalue weighted by Crippen LogP contribution is -1.94. The number of rotatable bonds is 4. The summed E-state index contributed by atoms with van der Waals surface area (Å²) in [5, 5.41) is 14.9. The zero-order valence-electron chi connectivity index (χ0n) is 14.4. The summed E-state index contributed by atoms with van der Waals surface area (Å²) >= 11 is 7.27. The Hall–Kier alpha value is -2.84. The first-order valence-electron chi connectivity index (χ1n) is 8.33. The van der Waals surface area contributed by atoms with Crippen LogP contribution in [-0.4, -0.2) is 34.6 Å². The van der Waals surface area contributed by atoms with Crippen LogP contribution in [0.5, 0.6) is 0 Å². The molecule has 0 bridgehead atoms. The summed E-state index contributed by atoms with van der Waals surface area (Å²) in [6.07, 6.45) is 6.34. The van der Waals surface area contributed by atoms with E-state index in [9.17, 15) is 0 Å². The quantitative estimate of drug-likeness (QED) is 0.436. The van der Waals surface area contributed by atoms with E-state index in [1.54, 1.807) is 9.31 Å². The third-order valence-corrected chi connectivity index (χ3v) is 5.59. The van der Waals surface area contributed by atoms with Gasteiger partial charge in [0.1, 0.15) is 5.01 Å². The second-order valence-corrected chi connectivity index (χ2v) is 7.57. The van der Waals surface area contributed by atoms with Gasteiger partial charge in [-0.3, -0.25) is 9.67 Å². The molecule has 0 unspecified atom stereocenters. The average molecular weight is 396 g/mol. The second kappa shape index (κ2) is 6.40. The smallest absolute Gasteiger partial charge is 0.233 e. The van der Waals surface area contributed by atoms with Crippen molar-refractivity contribution in [2.24, 2.45) is 7.05 Å². The Morgan fingerprint density at radius 3 is 2.81 bits per heavy atom. The van der Waals surface area contributed by atoms with Crippen molar-refractivity contribution >= 4 is 38.8 Å². The number of aromatic nitrogens is 7. The van der Waals surface area contributed by atoms with E-state index in [4.69, 9.17) is 11.6 Å². The van der Waals surface area contributed by atoms with Crippen molar-refractivity contribution in [1.82, 2.24) is 34.6 Å². The van der Waals surface area contributed by atoms with Crippen LogP contribution in [0.4, 0.5) is 0 Å². The van der Waals surface area contributed by atoms with E-state index in [-0.39, 0.29) is 0 Å². The Kier molecular flexibility index (Phi) is 3.87. The molecular weight excluding hydrogens is 382 g/mol. The lowest BCUT2D eigenvalue weighted by molar-refractivity contribution is 0.768.